The van der Waals surface area contributed by atoms with E-state index >= 15 is 0 Å². The van der Waals surface area contributed by atoms with E-state index in [1.807, 2.05) is 58.9 Å². The fourth-order valence-electron chi connectivity index (χ4n) is 8.83. The molecule has 0 saturated carbocycles. The summed E-state index contributed by atoms with van der Waals surface area (Å²) in [6, 6.07) is 1.33. The largest absolute Gasteiger partial charge is 0.469 e. The molecule has 2 aliphatic heterocycles. The van der Waals surface area contributed by atoms with Gasteiger partial charge in [-0.15, -0.1) is 0 Å². The van der Waals surface area contributed by atoms with E-state index in [4.69, 9.17) is 33.2 Å². The maximum absolute atomic E-state index is 12.6. The topological polar surface area (TPSA) is 287 Å². The highest BCUT2D eigenvalue weighted by atomic mass is 31.2. The number of methoxy groups -OCH3 is 2. The predicted octanol–water partition coefficient (Wildman–Crippen LogP) is 4.30. The van der Waals surface area contributed by atoms with Gasteiger partial charge in [0.15, 0.2) is 17.8 Å². The summed E-state index contributed by atoms with van der Waals surface area (Å²) in [6.45, 7) is 14.7. The van der Waals surface area contributed by atoms with Crippen LogP contribution in [-0.2, 0) is 32.8 Å². The van der Waals surface area contributed by atoms with E-state index in [0.29, 0.717) is 18.0 Å². The van der Waals surface area contributed by atoms with Crippen LogP contribution >= 0.6 is 7.82 Å². The Balaban J connectivity index is 1.74. The van der Waals surface area contributed by atoms with Crippen molar-refractivity contribution in [3.63, 3.8) is 0 Å². The third kappa shape index (κ3) is 16.3. The average molecular weight is 995 g/mol. The lowest BCUT2D eigenvalue weighted by molar-refractivity contribution is -0.334. The second-order valence-electron chi connectivity index (χ2n) is 19.4. The number of amides is 1. The summed E-state index contributed by atoms with van der Waals surface area (Å²) in [5.74, 6) is -3.62. The SMILES string of the molecule is COCC(C(O)C(O)C(=O)NCCC(C)c1nc(C=CCC2OC3(CC(O)C2C)OC(C(CC(O)C(C)C(O)C(C)C=C(C)C(C)=CC=CC=CC#N)OC)C(OP(=O)(O)O)C3(C)C)co1)N(C)C. The fraction of sp³-hybridized carbons (Fsp3) is 0.694. The van der Waals surface area contributed by atoms with Crippen LogP contribution in [0.25, 0.3) is 6.08 Å². The molecular weight excluding hydrogens is 916 g/mol. The Kier molecular flexibility index (Phi) is 23.3. The van der Waals surface area contributed by atoms with E-state index in [-0.39, 0.29) is 44.2 Å². The maximum atomic E-state index is 12.6. The van der Waals surface area contributed by atoms with Crippen LogP contribution in [-0.4, -0.2) is 159 Å². The molecule has 1 aromatic heterocycles. The lowest BCUT2D eigenvalue weighted by atomic mass is 9.72. The lowest BCUT2D eigenvalue weighted by Crippen LogP contribution is -2.58. The van der Waals surface area contributed by atoms with Gasteiger partial charge in [-0.3, -0.25) is 9.32 Å². The molecule has 69 heavy (non-hydrogen) atoms. The van der Waals surface area contributed by atoms with Crippen molar-refractivity contribution in [3.05, 3.63) is 71.5 Å². The van der Waals surface area contributed by atoms with Crippen LogP contribution in [0.1, 0.15) is 98.6 Å². The minimum atomic E-state index is -5.15. The number of hydrogen-bond donors (Lipinski definition) is 8. The number of aliphatic hydroxyl groups is 5. The van der Waals surface area contributed by atoms with Gasteiger partial charge in [-0.25, -0.2) is 9.55 Å². The average Bonchev–Trinajstić information content (AvgIpc) is 3.84. The summed E-state index contributed by atoms with van der Waals surface area (Å²) >= 11 is 0. The van der Waals surface area contributed by atoms with E-state index in [2.05, 4.69) is 10.3 Å². The van der Waals surface area contributed by atoms with E-state index in [0.717, 1.165) is 11.1 Å². The van der Waals surface area contributed by atoms with Gasteiger partial charge in [0.05, 0.1) is 49.2 Å². The minimum absolute atomic E-state index is 0.0641. The van der Waals surface area contributed by atoms with Gasteiger partial charge in [-0.1, -0.05) is 83.6 Å². The first-order valence-corrected chi connectivity index (χ1v) is 24.9. The highest BCUT2D eigenvalue weighted by Crippen LogP contribution is 2.59. The smallest absolute Gasteiger partial charge is 0.448 e. The number of nitrogens with zero attached hydrogens (tertiary/aromatic N) is 3. The summed E-state index contributed by atoms with van der Waals surface area (Å²) in [5.41, 5.74) is 1.06. The molecular formula is C49H79N4O15P. The highest BCUT2D eigenvalue weighted by Gasteiger charge is 2.68. The van der Waals surface area contributed by atoms with Gasteiger partial charge in [-0.05, 0) is 52.4 Å². The Labute approximate surface area is 407 Å². The Morgan fingerprint density at radius 2 is 1.75 bits per heavy atom. The number of nitriles is 1. The first-order valence-electron chi connectivity index (χ1n) is 23.4. The monoisotopic (exact) mass is 995 g/mol. The molecule has 0 radical (unpaired) electrons. The zero-order chi connectivity index (χ0) is 52.0. The fourth-order valence-corrected chi connectivity index (χ4v) is 9.51. The van der Waals surface area contributed by atoms with Crippen LogP contribution < -0.4 is 5.32 Å². The molecule has 0 aromatic carbocycles. The minimum Gasteiger partial charge on any atom is -0.448 e. The normalized spacial score (nSPS) is 27.7. The molecule has 2 fully saturated rings. The Hall–Kier alpha value is -3.42. The number of allylic oxidation sites excluding steroid dienone is 7. The zero-order valence-electron chi connectivity index (χ0n) is 42.2. The molecule has 1 amide bonds. The van der Waals surface area contributed by atoms with E-state index in [9.17, 15) is 44.7 Å². The second-order valence-corrected chi connectivity index (χ2v) is 20.6. The number of carbonyl (C=O) groups is 1. The Bertz CT molecular complexity index is 2030. The summed E-state index contributed by atoms with van der Waals surface area (Å²) in [5, 5.41) is 66.8. The van der Waals surface area contributed by atoms with Gasteiger partial charge in [0.2, 0.25) is 0 Å². The number of phosphoric acid groups is 1. The van der Waals surface area contributed by atoms with Crippen molar-refractivity contribution in [2.45, 2.75) is 154 Å². The molecule has 2 aliphatic rings. The number of nitrogens with one attached hydrogen (secondary N) is 1. The molecule has 390 valence electrons. The maximum Gasteiger partial charge on any atom is 0.469 e. The van der Waals surface area contributed by atoms with Crippen molar-refractivity contribution in [1.29, 1.82) is 5.26 Å². The Morgan fingerprint density at radius 1 is 1.07 bits per heavy atom. The van der Waals surface area contributed by atoms with Crippen molar-refractivity contribution in [2.75, 3.05) is 41.5 Å². The molecule has 15 unspecified atom stereocenters. The third-order valence-corrected chi connectivity index (χ3v) is 14.3. The molecule has 8 N–H and O–H groups in total. The molecule has 0 aliphatic carbocycles. The number of hydrogen-bond acceptors (Lipinski definition) is 16. The van der Waals surface area contributed by atoms with Gasteiger partial charge >= 0.3 is 7.82 Å². The molecule has 19 nitrogen and oxygen atoms in total. The molecule has 1 aromatic rings. The van der Waals surface area contributed by atoms with Gasteiger partial charge in [0.25, 0.3) is 5.91 Å². The number of aliphatic hydroxyl groups excluding tert-OH is 5. The van der Waals surface area contributed by atoms with Gasteiger partial charge in [0.1, 0.15) is 30.3 Å². The summed E-state index contributed by atoms with van der Waals surface area (Å²) in [7, 11) is 1.12. The van der Waals surface area contributed by atoms with Crippen LogP contribution in [0.5, 0.6) is 0 Å². The van der Waals surface area contributed by atoms with Crippen LogP contribution in [0.4, 0.5) is 0 Å². The zero-order valence-corrected chi connectivity index (χ0v) is 43.1. The lowest BCUT2D eigenvalue weighted by Gasteiger charge is -2.50. The number of ether oxygens (including phenoxy) is 4. The van der Waals surface area contributed by atoms with E-state index in [1.165, 1.54) is 26.6 Å². The molecule has 1 spiro atoms. The standard InChI is InChI=1S/C49H79N4O15P/c1-29(18-15-13-14-16-22-50)31(3)24-32(4)41(56)34(6)37(54)25-40(64-12)44-45(68-69(60,61)62)48(7,8)49(67-44)26-38(55)33(5)39(66-49)20-17-19-35-27-65-47(52-35)30(2)21-23-51-46(59)43(58)42(57)36(28-63-11)53(9)10/h13-19,24,27,30,32-34,36-45,54-58H,20-21,23,25-26,28H2,1-12H3,(H,51,59)(H2,60,61,62). The van der Waals surface area contributed by atoms with Crippen molar-refractivity contribution < 1.29 is 72.6 Å². The first kappa shape index (κ1) is 59.9. The van der Waals surface area contributed by atoms with Crippen LogP contribution in [0.15, 0.2) is 64.4 Å². The number of carbonyl (C=O) groups excluding carboxylic acids is 1. The number of aromatic nitrogens is 1. The highest BCUT2D eigenvalue weighted by molar-refractivity contribution is 7.46. The molecule has 0 bridgehead atoms. The van der Waals surface area contributed by atoms with Crippen molar-refractivity contribution in [2.24, 2.45) is 23.2 Å². The summed E-state index contributed by atoms with van der Waals surface area (Å²) < 4.78 is 48.2. The van der Waals surface area contributed by atoms with E-state index in [1.54, 1.807) is 64.1 Å². The Morgan fingerprint density at radius 3 is 2.36 bits per heavy atom. The van der Waals surface area contributed by atoms with Crippen LogP contribution in [0.3, 0.4) is 0 Å². The molecule has 3 heterocycles. The molecule has 15 atom stereocenters. The quantitative estimate of drug-likeness (QED) is 0.0365. The van der Waals surface area contributed by atoms with Gasteiger partial charge < -0.3 is 68.9 Å². The first-order chi connectivity index (χ1) is 32.2. The third-order valence-electron chi connectivity index (χ3n) is 13.8. The predicted molar refractivity (Wildman–Crippen MR) is 258 cm³/mol. The summed E-state index contributed by atoms with van der Waals surface area (Å²) in [6.07, 6.45) is 5.51. The summed E-state index contributed by atoms with van der Waals surface area (Å²) in [4.78, 5) is 39.2. The number of rotatable bonds is 26. The van der Waals surface area contributed by atoms with Gasteiger partial charge in [0, 0.05) is 68.8 Å². The van der Waals surface area contributed by atoms with E-state index < -0.39 is 97.7 Å². The van der Waals surface area contributed by atoms with Crippen LogP contribution in [0.2, 0.25) is 0 Å². The van der Waals surface area contributed by atoms with Crippen LogP contribution in [0, 0.1) is 34.5 Å². The molecule has 20 heteroatoms. The van der Waals surface area contributed by atoms with Gasteiger partial charge in [-0.2, -0.15) is 5.26 Å². The molecule has 2 saturated heterocycles. The van der Waals surface area contributed by atoms with Crippen molar-refractivity contribution >= 4 is 19.8 Å². The number of oxazole rings is 1. The number of likely N-dealkylation sites (N-methyl/N-ethyl adjacent to an activating group) is 1. The van der Waals surface area contributed by atoms with Crippen molar-refractivity contribution in [1.82, 2.24) is 15.2 Å². The molecule has 3 rings (SSSR count). The van der Waals surface area contributed by atoms with Crippen molar-refractivity contribution in [3.8, 4) is 6.07 Å². The second kappa shape index (κ2) is 26.9. The number of phosphoric ester groups is 1.